The Morgan fingerprint density at radius 2 is 1.78 bits per heavy atom. The zero-order valence-electron chi connectivity index (χ0n) is 19.1. The van der Waals surface area contributed by atoms with Crippen LogP contribution in [-0.2, 0) is 29.7 Å². The highest BCUT2D eigenvalue weighted by atomic mass is 16.5. The van der Waals surface area contributed by atoms with Gasteiger partial charge < -0.3 is 14.6 Å². The third kappa shape index (κ3) is 3.61. The van der Waals surface area contributed by atoms with E-state index in [9.17, 15) is 4.79 Å². The number of ether oxygens (including phenoxy) is 1. The Morgan fingerprint density at radius 1 is 1.09 bits per heavy atom. The van der Waals surface area contributed by atoms with Crippen LogP contribution in [0.5, 0.6) is 5.75 Å². The van der Waals surface area contributed by atoms with E-state index >= 15 is 0 Å². The minimum atomic E-state index is -0.552. The fourth-order valence-corrected chi connectivity index (χ4v) is 7.42. The summed E-state index contributed by atoms with van der Waals surface area (Å²) >= 11 is 0. The van der Waals surface area contributed by atoms with Crippen molar-refractivity contribution in [1.29, 1.82) is 0 Å². The molecule has 1 unspecified atom stereocenters. The molecule has 1 N–H and O–H groups in total. The zero-order valence-corrected chi connectivity index (χ0v) is 19.1. The lowest BCUT2D eigenvalue weighted by atomic mass is 9.48. The highest BCUT2D eigenvalue weighted by Crippen LogP contribution is 2.60. The van der Waals surface area contributed by atoms with Gasteiger partial charge in [0.05, 0.1) is 6.54 Å². The normalized spacial score (nSPS) is 31.2. The number of nitrogens with one attached hydrogen (secondary N) is 1. The third-order valence-electron chi connectivity index (χ3n) is 8.54. The van der Waals surface area contributed by atoms with Crippen LogP contribution in [0, 0.1) is 17.8 Å². The van der Waals surface area contributed by atoms with Gasteiger partial charge in [0, 0.05) is 13.0 Å². The van der Waals surface area contributed by atoms with Crippen LogP contribution in [0.25, 0.3) is 0 Å². The van der Waals surface area contributed by atoms with Gasteiger partial charge in [0.25, 0.3) is 5.91 Å². The van der Waals surface area contributed by atoms with E-state index in [1.54, 1.807) is 0 Å². The highest BCUT2D eigenvalue weighted by molar-refractivity contribution is 5.80. The van der Waals surface area contributed by atoms with E-state index in [1.807, 2.05) is 6.92 Å². The molecule has 1 amide bonds. The van der Waals surface area contributed by atoms with Crippen molar-refractivity contribution in [2.45, 2.75) is 89.3 Å². The fraction of sp³-hybridized carbons (Fsp3) is 0.654. The van der Waals surface area contributed by atoms with Crippen LogP contribution >= 0.6 is 0 Å². The molecule has 7 rings (SSSR count). The molecule has 1 atom stereocenters. The van der Waals surface area contributed by atoms with Crippen molar-refractivity contribution in [1.82, 2.24) is 20.1 Å². The molecule has 0 radical (unpaired) electrons. The Morgan fingerprint density at radius 3 is 2.47 bits per heavy atom. The Balaban J connectivity index is 1.06. The number of aromatic nitrogens is 3. The van der Waals surface area contributed by atoms with Gasteiger partial charge >= 0.3 is 0 Å². The van der Waals surface area contributed by atoms with Gasteiger partial charge in [0.2, 0.25) is 0 Å². The molecule has 4 saturated carbocycles. The largest absolute Gasteiger partial charge is 0.481 e. The molecular weight excluding hydrogens is 400 g/mol. The van der Waals surface area contributed by atoms with Crippen molar-refractivity contribution in [2.75, 3.05) is 0 Å². The summed E-state index contributed by atoms with van der Waals surface area (Å²) in [5.41, 5.74) is 1.88. The van der Waals surface area contributed by atoms with E-state index in [0.717, 1.165) is 61.0 Å². The average Bonchev–Trinajstić information content (AvgIpc) is 3.20. The number of amides is 1. The van der Waals surface area contributed by atoms with Gasteiger partial charge in [0.1, 0.15) is 11.6 Å². The second-order valence-electron chi connectivity index (χ2n) is 10.8. The van der Waals surface area contributed by atoms with E-state index in [4.69, 9.17) is 4.74 Å². The molecule has 4 bridgehead atoms. The summed E-state index contributed by atoms with van der Waals surface area (Å²) in [6, 6.07) is 8.64. The van der Waals surface area contributed by atoms with Crippen molar-refractivity contribution >= 4 is 5.91 Å². The molecule has 1 aromatic heterocycles. The van der Waals surface area contributed by atoms with Gasteiger partial charge in [-0.3, -0.25) is 4.79 Å². The number of hydrogen-bond donors (Lipinski definition) is 1. The minimum Gasteiger partial charge on any atom is -0.481 e. The standard InChI is InChI=1S/C26H34N4O2/c1-17(25(31)27-16-24-29-28-23-4-2-3-9-30(23)24)32-22-7-5-21(6-8-22)26-13-18-10-19(14-26)12-20(11-18)15-26/h5-8,17-20H,2-4,9-16H2,1H3,(H,27,31). The summed E-state index contributed by atoms with van der Waals surface area (Å²) in [5, 5.41) is 11.5. The maximum absolute atomic E-state index is 12.6. The molecule has 2 heterocycles. The van der Waals surface area contributed by atoms with Gasteiger partial charge in [-0.25, -0.2) is 0 Å². The number of benzene rings is 1. The molecule has 6 heteroatoms. The summed E-state index contributed by atoms with van der Waals surface area (Å²) in [5.74, 6) is 5.33. The molecule has 1 aromatic carbocycles. The van der Waals surface area contributed by atoms with Crippen LogP contribution in [0.4, 0.5) is 0 Å². The second kappa shape index (κ2) is 7.89. The molecule has 4 fully saturated rings. The molecule has 170 valence electrons. The number of aryl methyl sites for hydroxylation is 1. The highest BCUT2D eigenvalue weighted by Gasteiger charge is 2.51. The van der Waals surface area contributed by atoms with Crippen LogP contribution in [0.1, 0.15) is 75.5 Å². The van der Waals surface area contributed by atoms with Crippen molar-refractivity contribution in [3.05, 3.63) is 41.5 Å². The first-order chi connectivity index (χ1) is 15.6. The van der Waals surface area contributed by atoms with Crippen molar-refractivity contribution in [3.63, 3.8) is 0 Å². The van der Waals surface area contributed by atoms with Gasteiger partial charge in [-0.2, -0.15) is 0 Å². The fourth-order valence-electron chi connectivity index (χ4n) is 7.42. The van der Waals surface area contributed by atoms with Gasteiger partial charge in [0.15, 0.2) is 11.9 Å². The number of nitrogens with zero attached hydrogens (tertiary/aromatic N) is 3. The Bertz CT molecular complexity index is 960. The first-order valence-electron chi connectivity index (χ1n) is 12.5. The number of carbonyl (C=O) groups excluding carboxylic acids is 1. The number of rotatable bonds is 6. The predicted molar refractivity (Wildman–Crippen MR) is 121 cm³/mol. The average molecular weight is 435 g/mol. The minimum absolute atomic E-state index is 0.122. The number of carbonyl (C=O) groups is 1. The molecule has 5 aliphatic rings. The Labute approximate surface area is 190 Å². The van der Waals surface area contributed by atoms with Gasteiger partial charge in [-0.05, 0) is 99.2 Å². The second-order valence-corrected chi connectivity index (χ2v) is 10.8. The molecule has 4 aliphatic carbocycles. The SMILES string of the molecule is CC(Oc1ccc(C23CC4CC(CC(C4)C2)C3)cc1)C(=O)NCc1nnc2n1CCCC2. The summed E-state index contributed by atoms with van der Waals surface area (Å²) in [7, 11) is 0. The smallest absolute Gasteiger partial charge is 0.261 e. The van der Waals surface area contributed by atoms with Crippen LogP contribution in [0.15, 0.2) is 24.3 Å². The third-order valence-corrected chi connectivity index (χ3v) is 8.54. The molecule has 0 spiro atoms. The van der Waals surface area contributed by atoms with Crippen LogP contribution in [0.3, 0.4) is 0 Å². The van der Waals surface area contributed by atoms with E-state index in [0.29, 0.717) is 12.0 Å². The monoisotopic (exact) mass is 434 g/mol. The maximum Gasteiger partial charge on any atom is 0.261 e. The molecular formula is C26H34N4O2. The molecule has 32 heavy (non-hydrogen) atoms. The van der Waals surface area contributed by atoms with E-state index in [2.05, 4.69) is 44.3 Å². The van der Waals surface area contributed by atoms with Crippen molar-refractivity contribution in [2.24, 2.45) is 17.8 Å². The maximum atomic E-state index is 12.6. The topological polar surface area (TPSA) is 69.0 Å². The lowest BCUT2D eigenvalue weighted by Gasteiger charge is -2.57. The predicted octanol–water partition coefficient (Wildman–Crippen LogP) is 4.17. The van der Waals surface area contributed by atoms with E-state index in [-0.39, 0.29) is 5.91 Å². The Kier molecular flexibility index (Phi) is 4.99. The first kappa shape index (κ1) is 20.3. The Hall–Kier alpha value is -2.37. The summed E-state index contributed by atoms with van der Waals surface area (Å²) in [6.07, 6.45) is 11.2. The van der Waals surface area contributed by atoms with Crippen molar-refractivity contribution in [3.8, 4) is 5.75 Å². The number of fused-ring (bicyclic) bond motifs is 1. The summed E-state index contributed by atoms with van der Waals surface area (Å²) in [6.45, 7) is 3.14. The van der Waals surface area contributed by atoms with Crippen LogP contribution in [0.2, 0.25) is 0 Å². The van der Waals surface area contributed by atoms with Crippen molar-refractivity contribution < 1.29 is 9.53 Å². The molecule has 0 saturated heterocycles. The lowest BCUT2D eigenvalue weighted by Crippen LogP contribution is -2.48. The quantitative estimate of drug-likeness (QED) is 0.741. The van der Waals surface area contributed by atoms with Gasteiger partial charge in [-0.15, -0.1) is 10.2 Å². The lowest BCUT2D eigenvalue weighted by molar-refractivity contribution is -0.127. The van der Waals surface area contributed by atoms with Crippen LogP contribution in [-0.4, -0.2) is 26.8 Å². The summed E-state index contributed by atoms with van der Waals surface area (Å²) in [4.78, 5) is 12.6. The molecule has 6 nitrogen and oxygen atoms in total. The molecule has 2 aromatic rings. The first-order valence-corrected chi connectivity index (χ1v) is 12.5. The van der Waals surface area contributed by atoms with E-state index in [1.165, 1.54) is 44.1 Å². The summed E-state index contributed by atoms with van der Waals surface area (Å²) < 4.78 is 8.12. The number of hydrogen-bond acceptors (Lipinski definition) is 4. The van der Waals surface area contributed by atoms with Gasteiger partial charge in [-0.1, -0.05) is 12.1 Å². The zero-order chi connectivity index (χ0) is 21.7. The molecule has 1 aliphatic heterocycles. The van der Waals surface area contributed by atoms with Crippen LogP contribution < -0.4 is 10.1 Å². The van der Waals surface area contributed by atoms with E-state index < -0.39 is 6.10 Å².